The van der Waals surface area contributed by atoms with Gasteiger partial charge in [-0.2, -0.15) is 0 Å². The first-order chi connectivity index (χ1) is 12.4. The van der Waals surface area contributed by atoms with E-state index in [2.05, 4.69) is 0 Å². The second-order valence-corrected chi connectivity index (χ2v) is 6.93. The van der Waals surface area contributed by atoms with Crippen molar-refractivity contribution in [2.75, 3.05) is 0 Å². The van der Waals surface area contributed by atoms with Gasteiger partial charge in [0.2, 0.25) is 0 Å². The number of rotatable bonds is 8. The van der Waals surface area contributed by atoms with Crippen LogP contribution in [0, 0.1) is 0 Å². The van der Waals surface area contributed by atoms with Gasteiger partial charge >= 0.3 is 5.97 Å². The van der Waals surface area contributed by atoms with Crippen LogP contribution in [0.25, 0.3) is 0 Å². The molecule has 6 heteroatoms. The lowest BCUT2D eigenvalue weighted by atomic mass is 9.95. The van der Waals surface area contributed by atoms with Gasteiger partial charge in [0.1, 0.15) is 23.2 Å². The summed E-state index contributed by atoms with van der Waals surface area (Å²) in [6, 6.07) is 6.19. The van der Waals surface area contributed by atoms with E-state index < -0.39 is 18.2 Å². The van der Waals surface area contributed by atoms with Gasteiger partial charge in [-0.1, -0.05) is 19.1 Å². The lowest BCUT2D eigenvalue weighted by molar-refractivity contribution is -0.120. The maximum absolute atomic E-state index is 12.4. The van der Waals surface area contributed by atoms with Crippen molar-refractivity contribution in [3.63, 3.8) is 0 Å². The Kier molecular flexibility index (Phi) is 7.60. The molecular weight excluding hydrogens is 336 g/mol. The van der Waals surface area contributed by atoms with Crippen LogP contribution in [0.2, 0.25) is 0 Å². The van der Waals surface area contributed by atoms with Crippen LogP contribution in [0.4, 0.5) is 0 Å². The highest BCUT2D eigenvalue weighted by atomic mass is 16.5. The van der Waals surface area contributed by atoms with Gasteiger partial charge in [0.05, 0.1) is 18.3 Å². The van der Waals surface area contributed by atoms with Crippen LogP contribution in [0.3, 0.4) is 0 Å². The second kappa shape index (κ2) is 9.69. The third-order valence-corrected chi connectivity index (χ3v) is 4.65. The molecule has 4 atom stereocenters. The highest BCUT2D eigenvalue weighted by Gasteiger charge is 2.30. The molecule has 2 rings (SSSR count). The fourth-order valence-corrected chi connectivity index (χ4v) is 3.24. The Morgan fingerprint density at radius 2 is 1.96 bits per heavy atom. The van der Waals surface area contributed by atoms with E-state index in [-0.39, 0.29) is 29.3 Å². The molecule has 144 valence electrons. The van der Waals surface area contributed by atoms with Crippen LogP contribution in [0.1, 0.15) is 62.7 Å². The molecule has 1 aliphatic rings. The highest BCUT2D eigenvalue weighted by Crippen LogP contribution is 2.27. The Bertz CT molecular complexity index is 614. The standard InChI is InChI=1S/C20H28O6/c1-3-15-10-14(22)11-17(25-15)12-16(9-8-13(2)21)26-20(24)18-6-4-5-7-19(18)23/h4-7,14-17,22-23H,3,8-12H2,1-2H3/t14?,15?,16?,17-/m1/s1. The van der Waals surface area contributed by atoms with Gasteiger partial charge in [-0.15, -0.1) is 0 Å². The van der Waals surface area contributed by atoms with Crippen molar-refractivity contribution >= 4 is 11.8 Å². The number of ketones is 1. The molecule has 1 heterocycles. The molecule has 1 aromatic rings. The van der Waals surface area contributed by atoms with Crippen molar-refractivity contribution in [1.82, 2.24) is 0 Å². The summed E-state index contributed by atoms with van der Waals surface area (Å²) < 4.78 is 11.5. The quantitative estimate of drug-likeness (QED) is 0.689. The number of Topliss-reactive ketones (excluding diaryl/α,β-unsaturated/α-hetero) is 1. The molecule has 26 heavy (non-hydrogen) atoms. The van der Waals surface area contributed by atoms with Crippen LogP contribution < -0.4 is 0 Å². The number of para-hydroxylation sites is 1. The van der Waals surface area contributed by atoms with E-state index in [4.69, 9.17) is 9.47 Å². The van der Waals surface area contributed by atoms with E-state index in [1.807, 2.05) is 6.92 Å². The van der Waals surface area contributed by atoms with Crippen LogP contribution in [0.5, 0.6) is 5.75 Å². The SMILES string of the molecule is CCC1CC(O)C[C@H](CC(CCC(C)=O)OC(=O)c2ccccc2O)O1. The number of hydrogen-bond donors (Lipinski definition) is 2. The molecule has 1 aliphatic heterocycles. The number of hydrogen-bond acceptors (Lipinski definition) is 6. The number of ether oxygens (including phenoxy) is 2. The van der Waals surface area contributed by atoms with E-state index in [1.54, 1.807) is 12.1 Å². The number of aromatic hydroxyl groups is 1. The lowest BCUT2D eigenvalue weighted by Gasteiger charge is -2.34. The Hall–Kier alpha value is -1.92. The first-order valence-electron chi connectivity index (χ1n) is 9.21. The lowest BCUT2D eigenvalue weighted by Crippen LogP contribution is -2.38. The number of benzene rings is 1. The normalized spacial score (nSPS) is 24.0. The Balaban J connectivity index is 2.04. The molecule has 0 saturated carbocycles. The minimum atomic E-state index is -0.625. The number of carbonyl (C=O) groups excluding carboxylic acids is 2. The van der Waals surface area contributed by atoms with Crippen LogP contribution in [0.15, 0.2) is 24.3 Å². The van der Waals surface area contributed by atoms with Crippen LogP contribution >= 0.6 is 0 Å². The van der Waals surface area contributed by atoms with Gasteiger partial charge in [0.25, 0.3) is 0 Å². The van der Waals surface area contributed by atoms with E-state index in [9.17, 15) is 19.8 Å². The summed E-state index contributed by atoms with van der Waals surface area (Å²) in [5, 5.41) is 19.9. The molecule has 0 aromatic heterocycles. The second-order valence-electron chi connectivity index (χ2n) is 6.93. The van der Waals surface area contributed by atoms with Gasteiger partial charge in [0, 0.05) is 12.8 Å². The number of aliphatic hydroxyl groups is 1. The zero-order chi connectivity index (χ0) is 19.1. The summed E-state index contributed by atoms with van der Waals surface area (Å²) in [4.78, 5) is 23.7. The summed E-state index contributed by atoms with van der Waals surface area (Å²) >= 11 is 0. The summed E-state index contributed by atoms with van der Waals surface area (Å²) in [5.41, 5.74) is 0.0938. The molecule has 1 aromatic carbocycles. The molecule has 1 fully saturated rings. The van der Waals surface area contributed by atoms with Crippen LogP contribution in [-0.2, 0) is 14.3 Å². The van der Waals surface area contributed by atoms with Crippen molar-refractivity contribution in [2.45, 2.75) is 76.8 Å². The maximum Gasteiger partial charge on any atom is 0.342 e. The molecule has 0 aliphatic carbocycles. The Labute approximate surface area is 154 Å². The average molecular weight is 364 g/mol. The van der Waals surface area contributed by atoms with Crippen molar-refractivity contribution < 1.29 is 29.3 Å². The van der Waals surface area contributed by atoms with Crippen LogP contribution in [-0.4, -0.2) is 46.4 Å². The van der Waals surface area contributed by atoms with Crippen molar-refractivity contribution in [1.29, 1.82) is 0 Å². The number of aliphatic hydroxyl groups excluding tert-OH is 1. The monoisotopic (exact) mass is 364 g/mol. The minimum Gasteiger partial charge on any atom is -0.507 e. The first-order valence-corrected chi connectivity index (χ1v) is 9.21. The molecule has 0 amide bonds. The fourth-order valence-electron chi connectivity index (χ4n) is 3.24. The Morgan fingerprint density at radius 3 is 2.62 bits per heavy atom. The maximum atomic E-state index is 12.4. The van der Waals surface area contributed by atoms with E-state index in [0.29, 0.717) is 32.1 Å². The summed E-state index contributed by atoms with van der Waals surface area (Å²) in [6.07, 6.45) is 1.84. The van der Waals surface area contributed by atoms with Gasteiger partial charge < -0.3 is 24.5 Å². The predicted molar refractivity (Wildman–Crippen MR) is 96.0 cm³/mol. The zero-order valence-electron chi connectivity index (χ0n) is 15.4. The third kappa shape index (κ3) is 6.11. The topological polar surface area (TPSA) is 93.1 Å². The molecule has 3 unspecified atom stereocenters. The molecule has 1 saturated heterocycles. The average Bonchev–Trinajstić information content (AvgIpc) is 2.59. The first kappa shape index (κ1) is 20.4. The minimum absolute atomic E-state index is 0.00826. The fraction of sp³-hybridized carbons (Fsp3) is 0.600. The van der Waals surface area contributed by atoms with Crippen molar-refractivity contribution in [3.05, 3.63) is 29.8 Å². The predicted octanol–water partition coefficient (Wildman–Crippen LogP) is 3.00. The van der Waals surface area contributed by atoms with Gasteiger partial charge in [0.15, 0.2) is 0 Å². The van der Waals surface area contributed by atoms with Crippen molar-refractivity contribution in [3.8, 4) is 5.75 Å². The van der Waals surface area contributed by atoms with Gasteiger partial charge in [-0.05, 0) is 44.7 Å². The van der Waals surface area contributed by atoms with E-state index >= 15 is 0 Å². The molecule has 6 nitrogen and oxygen atoms in total. The number of esters is 1. The number of phenolic OH excluding ortho intramolecular Hbond substituents is 1. The molecule has 0 bridgehead atoms. The Morgan fingerprint density at radius 1 is 1.27 bits per heavy atom. The number of phenols is 1. The summed E-state index contributed by atoms with van der Waals surface area (Å²) in [6.45, 7) is 3.50. The highest BCUT2D eigenvalue weighted by molar-refractivity contribution is 5.92. The van der Waals surface area contributed by atoms with Crippen molar-refractivity contribution in [2.24, 2.45) is 0 Å². The molecular formula is C20H28O6. The van der Waals surface area contributed by atoms with Gasteiger partial charge in [-0.3, -0.25) is 0 Å². The summed E-state index contributed by atoms with van der Waals surface area (Å²) in [7, 11) is 0. The van der Waals surface area contributed by atoms with E-state index in [0.717, 1.165) is 6.42 Å². The molecule has 0 radical (unpaired) electrons. The smallest absolute Gasteiger partial charge is 0.342 e. The summed E-state index contributed by atoms with van der Waals surface area (Å²) in [5.74, 6) is -0.747. The number of carbonyl (C=O) groups is 2. The zero-order valence-corrected chi connectivity index (χ0v) is 15.4. The largest absolute Gasteiger partial charge is 0.507 e. The van der Waals surface area contributed by atoms with Gasteiger partial charge in [-0.25, -0.2) is 4.79 Å². The molecule has 0 spiro atoms. The third-order valence-electron chi connectivity index (χ3n) is 4.65. The van der Waals surface area contributed by atoms with E-state index in [1.165, 1.54) is 19.1 Å². The molecule has 2 N–H and O–H groups in total.